The number of nitrogens with zero attached hydrogens (tertiary/aromatic N) is 2. The van der Waals surface area contributed by atoms with Crippen LogP contribution in [0.1, 0.15) is 0 Å². The van der Waals surface area contributed by atoms with E-state index in [0.29, 0.717) is 5.75 Å². The van der Waals surface area contributed by atoms with E-state index in [1.54, 1.807) is 0 Å². The van der Waals surface area contributed by atoms with Crippen LogP contribution in [0.5, 0.6) is 5.75 Å². The molecule has 0 bridgehead atoms. The van der Waals surface area contributed by atoms with E-state index in [0.717, 1.165) is 0 Å². The van der Waals surface area contributed by atoms with Crippen molar-refractivity contribution in [2.45, 2.75) is 6.43 Å². The van der Waals surface area contributed by atoms with Gasteiger partial charge in [-0.3, -0.25) is 0 Å². The molecular formula is C7H9F2N3O. The molecule has 0 saturated heterocycles. The van der Waals surface area contributed by atoms with Gasteiger partial charge in [0.2, 0.25) is 0 Å². The fourth-order valence-corrected chi connectivity index (χ4v) is 0.773. The van der Waals surface area contributed by atoms with Crippen LogP contribution in [0.25, 0.3) is 0 Å². The van der Waals surface area contributed by atoms with Crippen LogP contribution in [0, 0.1) is 0 Å². The van der Waals surface area contributed by atoms with Crippen LogP contribution in [0.2, 0.25) is 0 Å². The first kappa shape index (κ1) is 9.63. The first-order chi connectivity index (χ1) is 6.24. The lowest BCUT2D eigenvalue weighted by molar-refractivity contribution is 0.163. The van der Waals surface area contributed by atoms with Gasteiger partial charge >= 0.3 is 0 Å². The van der Waals surface area contributed by atoms with Crippen molar-refractivity contribution >= 4 is 5.82 Å². The SMILES string of the molecule is COc1cncnc1NCC(F)F. The number of halogens is 2. The molecule has 0 spiro atoms. The summed E-state index contributed by atoms with van der Waals surface area (Å²) < 4.78 is 28.5. The fourth-order valence-electron chi connectivity index (χ4n) is 0.773. The fraction of sp³-hybridized carbons (Fsp3) is 0.429. The van der Waals surface area contributed by atoms with Crippen molar-refractivity contribution in [3.63, 3.8) is 0 Å². The Balaban J connectivity index is 2.64. The third kappa shape index (κ3) is 2.81. The minimum absolute atomic E-state index is 0.276. The van der Waals surface area contributed by atoms with Gasteiger partial charge in [0.25, 0.3) is 6.43 Å². The van der Waals surface area contributed by atoms with Crippen molar-refractivity contribution in [1.29, 1.82) is 0 Å². The van der Waals surface area contributed by atoms with Crippen molar-refractivity contribution in [3.05, 3.63) is 12.5 Å². The lowest BCUT2D eigenvalue weighted by atomic mass is 10.5. The lowest BCUT2D eigenvalue weighted by Gasteiger charge is -2.07. The molecule has 0 aliphatic carbocycles. The van der Waals surface area contributed by atoms with Crippen molar-refractivity contribution < 1.29 is 13.5 Å². The van der Waals surface area contributed by atoms with Gasteiger partial charge in [-0.1, -0.05) is 0 Å². The molecule has 0 aromatic carbocycles. The third-order valence-corrected chi connectivity index (χ3v) is 1.32. The number of nitrogens with one attached hydrogen (secondary N) is 1. The second-order valence-corrected chi connectivity index (χ2v) is 2.21. The van der Waals surface area contributed by atoms with Gasteiger partial charge in [-0.05, 0) is 0 Å². The lowest BCUT2D eigenvalue weighted by Crippen LogP contribution is -2.12. The topological polar surface area (TPSA) is 47.0 Å². The van der Waals surface area contributed by atoms with Crippen molar-refractivity contribution in [2.24, 2.45) is 0 Å². The van der Waals surface area contributed by atoms with Crippen LogP contribution < -0.4 is 10.1 Å². The number of alkyl halides is 2. The maximum atomic E-state index is 11.8. The number of aromatic nitrogens is 2. The molecule has 0 atom stereocenters. The third-order valence-electron chi connectivity index (χ3n) is 1.32. The van der Waals surface area contributed by atoms with E-state index in [9.17, 15) is 8.78 Å². The molecule has 1 aromatic rings. The molecule has 72 valence electrons. The highest BCUT2D eigenvalue weighted by Gasteiger charge is 2.06. The zero-order chi connectivity index (χ0) is 9.68. The molecule has 13 heavy (non-hydrogen) atoms. The molecule has 0 saturated carbocycles. The second kappa shape index (κ2) is 4.54. The van der Waals surface area contributed by atoms with E-state index in [4.69, 9.17) is 4.74 Å². The van der Waals surface area contributed by atoms with Crippen LogP contribution in [0.3, 0.4) is 0 Å². The van der Waals surface area contributed by atoms with Gasteiger partial charge in [0.05, 0.1) is 19.9 Å². The summed E-state index contributed by atoms with van der Waals surface area (Å²) in [5.41, 5.74) is 0. The smallest absolute Gasteiger partial charge is 0.255 e. The van der Waals surface area contributed by atoms with E-state index >= 15 is 0 Å². The minimum atomic E-state index is -2.42. The summed E-state index contributed by atoms with van der Waals surface area (Å²) in [6, 6.07) is 0. The Morgan fingerprint density at radius 3 is 3.00 bits per heavy atom. The molecular weight excluding hydrogens is 180 g/mol. The Bertz CT molecular complexity index is 270. The molecule has 0 fully saturated rings. The summed E-state index contributed by atoms with van der Waals surface area (Å²) in [5, 5.41) is 2.44. The Morgan fingerprint density at radius 1 is 1.62 bits per heavy atom. The highest BCUT2D eigenvalue weighted by atomic mass is 19.3. The largest absolute Gasteiger partial charge is 0.491 e. The van der Waals surface area contributed by atoms with Crippen molar-refractivity contribution in [3.8, 4) is 5.75 Å². The average molecular weight is 189 g/mol. The van der Waals surface area contributed by atoms with E-state index in [-0.39, 0.29) is 5.82 Å². The summed E-state index contributed by atoms with van der Waals surface area (Å²) >= 11 is 0. The predicted octanol–water partition coefficient (Wildman–Crippen LogP) is 1.16. The van der Waals surface area contributed by atoms with Crippen LogP contribution in [0.4, 0.5) is 14.6 Å². The normalized spacial score (nSPS) is 10.2. The Morgan fingerprint density at radius 2 is 2.38 bits per heavy atom. The first-order valence-electron chi connectivity index (χ1n) is 3.60. The number of hydrogen-bond acceptors (Lipinski definition) is 4. The summed E-state index contributed by atoms with van der Waals surface area (Å²) in [7, 11) is 1.42. The highest BCUT2D eigenvalue weighted by molar-refractivity contribution is 5.47. The Hall–Kier alpha value is -1.46. The van der Waals surface area contributed by atoms with Crippen LogP contribution in [-0.2, 0) is 0 Å². The highest BCUT2D eigenvalue weighted by Crippen LogP contribution is 2.18. The Labute approximate surface area is 74.0 Å². The summed E-state index contributed by atoms with van der Waals surface area (Å²) in [6.45, 7) is -0.451. The number of methoxy groups -OCH3 is 1. The van der Waals surface area contributed by atoms with E-state index in [2.05, 4.69) is 15.3 Å². The monoisotopic (exact) mass is 189 g/mol. The van der Waals surface area contributed by atoms with Crippen LogP contribution in [0.15, 0.2) is 12.5 Å². The molecule has 0 amide bonds. The quantitative estimate of drug-likeness (QED) is 0.772. The number of hydrogen-bond donors (Lipinski definition) is 1. The van der Waals surface area contributed by atoms with E-state index in [1.165, 1.54) is 19.6 Å². The number of ether oxygens (including phenoxy) is 1. The standard InChI is InChI=1S/C7H9F2N3O/c1-13-5-2-10-4-12-7(5)11-3-6(8)9/h2,4,6H,3H2,1H3,(H,10,11,12). The maximum Gasteiger partial charge on any atom is 0.255 e. The molecule has 0 aliphatic rings. The predicted molar refractivity (Wildman–Crippen MR) is 43.1 cm³/mol. The zero-order valence-electron chi connectivity index (χ0n) is 7.00. The molecule has 0 aliphatic heterocycles. The van der Waals surface area contributed by atoms with Gasteiger partial charge in [-0.25, -0.2) is 18.7 Å². The van der Waals surface area contributed by atoms with Gasteiger partial charge in [-0.15, -0.1) is 0 Å². The zero-order valence-corrected chi connectivity index (χ0v) is 7.00. The average Bonchev–Trinajstić information content (AvgIpc) is 2.15. The van der Waals surface area contributed by atoms with E-state index in [1.807, 2.05) is 0 Å². The molecule has 0 radical (unpaired) electrons. The number of anilines is 1. The maximum absolute atomic E-state index is 11.8. The molecule has 1 rings (SSSR count). The van der Waals surface area contributed by atoms with Crippen molar-refractivity contribution in [1.82, 2.24) is 9.97 Å². The Kier molecular flexibility index (Phi) is 3.36. The van der Waals surface area contributed by atoms with Gasteiger partial charge in [-0.2, -0.15) is 0 Å². The van der Waals surface area contributed by atoms with Crippen LogP contribution >= 0.6 is 0 Å². The molecule has 0 unspecified atom stereocenters. The molecule has 4 nitrogen and oxygen atoms in total. The first-order valence-corrected chi connectivity index (χ1v) is 3.60. The van der Waals surface area contributed by atoms with Gasteiger partial charge < -0.3 is 10.1 Å². The summed E-state index contributed by atoms with van der Waals surface area (Å²) in [6.07, 6.45) is 0.247. The molecule has 1 heterocycles. The van der Waals surface area contributed by atoms with Crippen molar-refractivity contribution in [2.75, 3.05) is 19.0 Å². The second-order valence-electron chi connectivity index (χ2n) is 2.21. The molecule has 6 heteroatoms. The number of rotatable bonds is 4. The van der Waals surface area contributed by atoms with E-state index < -0.39 is 13.0 Å². The van der Waals surface area contributed by atoms with Gasteiger partial charge in [0.1, 0.15) is 6.33 Å². The van der Waals surface area contributed by atoms with Gasteiger partial charge in [0.15, 0.2) is 11.6 Å². The molecule has 1 aromatic heterocycles. The van der Waals surface area contributed by atoms with Crippen LogP contribution in [-0.4, -0.2) is 30.0 Å². The van der Waals surface area contributed by atoms with Gasteiger partial charge in [0, 0.05) is 0 Å². The minimum Gasteiger partial charge on any atom is -0.491 e. The summed E-state index contributed by atoms with van der Waals surface area (Å²) in [4.78, 5) is 7.42. The summed E-state index contributed by atoms with van der Waals surface area (Å²) in [5.74, 6) is 0.626. The molecule has 1 N–H and O–H groups in total.